The second-order valence-corrected chi connectivity index (χ2v) is 5.40. The third kappa shape index (κ3) is 2.29. The zero-order chi connectivity index (χ0) is 12.4. The Hall–Kier alpha value is -1.29. The number of nitrogens with two attached hydrogens (primary N) is 1. The Balaban J connectivity index is 1.61. The van der Waals surface area contributed by atoms with E-state index in [1.165, 1.54) is 38.8 Å². The van der Waals surface area contributed by atoms with Crippen LogP contribution in [0.3, 0.4) is 0 Å². The Morgan fingerprint density at radius 2 is 1.83 bits per heavy atom. The van der Waals surface area contributed by atoms with Crippen LogP contribution in [0.4, 0.5) is 11.4 Å². The van der Waals surface area contributed by atoms with E-state index in [2.05, 4.69) is 14.8 Å². The molecule has 2 aliphatic rings. The summed E-state index contributed by atoms with van der Waals surface area (Å²) in [5.41, 5.74) is 7.94. The van der Waals surface area contributed by atoms with Gasteiger partial charge in [-0.3, -0.25) is 9.88 Å². The summed E-state index contributed by atoms with van der Waals surface area (Å²) in [5, 5.41) is 0. The van der Waals surface area contributed by atoms with Crippen molar-refractivity contribution in [1.29, 1.82) is 0 Å². The van der Waals surface area contributed by atoms with E-state index in [9.17, 15) is 0 Å². The topological polar surface area (TPSA) is 45.4 Å². The summed E-state index contributed by atoms with van der Waals surface area (Å²) in [6.07, 6.45) is 9.22. The van der Waals surface area contributed by atoms with Crippen LogP contribution in [0.15, 0.2) is 18.5 Å². The average Bonchev–Trinajstić information content (AvgIpc) is 2.94. The third-order valence-electron chi connectivity index (χ3n) is 4.32. The maximum absolute atomic E-state index is 5.99. The molecule has 3 rings (SSSR count). The van der Waals surface area contributed by atoms with E-state index in [0.717, 1.165) is 30.5 Å². The number of piperazine rings is 1. The number of nitrogen functional groups attached to an aromatic ring is 1. The van der Waals surface area contributed by atoms with Crippen LogP contribution in [0.25, 0.3) is 0 Å². The molecule has 0 atom stereocenters. The molecule has 2 fully saturated rings. The lowest BCUT2D eigenvalue weighted by molar-refractivity contribution is 0.187. The van der Waals surface area contributed by atoms with Crippen molar-refractivity contribution in [3.05, 3.63) is 18.5 Å². The molecule has 2 heterocycles. The lowest BCUT2D eigenvalue weighted by atomic mass is 10.1. The molecule has 1 aromatic heterocycles. The first-order valence-corrected chi connectivity index (χ1v) is 7.03. The van der Waals surface area contributed by atoms with Crippen LogP contribution < -0.4 is 10.6 Å². The Morgan fingerprint density at radius 1 is 1.11 bits per heavy atom. The number of pyridine rings is 1. The van der Waals surface area contributed by atoms with Gasteiger partial charge < -0.3 is 10.6 Å². The Kier molecular flexibility index (Phi) is 3.37. The molecule has 0 radical (unpaired) electrons. The number of nitrogens with zero attached hydrogens (tertiary/aromatic N) is 3. The predicted octanol–water partition coefficient (Wildman–Crippen LogP) is 1.73. The van der Waals surface area contributed by atoms with Gasteiger partial charge in [0.15, 0.2) is 0 Å². The first-order chi connectivity index (χ1) is 8.84. The van der Waals surface area contributed by atoms with Crippen LogP contribution in [0, 0.1) is 0 Å². The van der Waals surface area contributed by atoms with E-state index < -0.39 is 0 Å². The summed E-state index contributed by atoms with van der Waals surface area (Å²) >= 11 is 0. The van der Waals surface area contributed by atoms with E-state index in [-0.39, 0.29) is 0 Å². The Morgan fingerprint density at radius 3 is 2.50 bits per heavy atom. The van der Waals surface area contributed by atoms with Gasteiger partial charge in [-0.25, -0.2) is 0 Å². The Labute approximate surface area is 109 Å². The standard InChI is InChI=1S/C14H22N4/c15-13-11-16-6-5-14(13)18-9-7-17(8-10-18)12-3-1-2-4-12/h5-6,11-12H,1-4,7-10,15H2. The minimum Gasteiger partial charge on any atom is -0.396 e. The van der Waals surface area contributed by atoms with Crippen molar-refractivity contribution < 1.29 is 0 Å². The van der Waals surface area contributed by atoms with Crippen molar-refractivity contribution >= 4 is 11.4 Å². The molecule has 0 spiro atoms. The van der Waals surface area contributed by atoms with Gasteiger partial charge in [0, 0.05) is 38.4 Å². The number of hydrogen-bond acceptors (Lipinski definition) is 4. The molecule has 4 nitrogen and oxygen atoms in total. The van der Waals surface area contributed by atoms with Gasteiger partial charge in [-0.1, -0.05) is 12.8 Å². The van der Waals surface area contributed by atoms with Gasteiger partial charge in [0.25, 0.3) is 0 Å². The first-order valence-electron chi connectivity index (χ1n) is 7.03. The van der Waals surface area contributed by atoms with Crippen LogP contribution in [-0.4, -0.2) is 42.1 Å². The van der Waals surface area contributed by atoms with Crippen LogP contribution in [0.1, 0.15) is 25.7 Å². The lowest BCUT2D eigenvalue weighted by Gasteiger charge is -2.39. The molecule has 0 unspecified atom stereocenters. The van der Waals surface area contributed by atoms with Crippen LogP contribution in [0.5, 0.6) is 0 Å². The minimum absolute atomic E-state index is 0.798. The van der Waals surface area contributed by atoms with Gasteiger partial charge in [-0.05, 0) is 18.9 Å². The summed E-state index contributed by atoms with van der Waals surface area (Å²) in [4.78, 5) is 9.11. The highest BCUT2D eigenvalue weighted by Gasteiger charge is 2.26. The quantitative estimate of drug-likeness (QED) is 0.863. The summed E-state index contributed by atoms with van der Waals surface area (Å²) in [6.45, 7) is 4.52. The molecular formula is C14H22N4. The summed E-state index contributed by atoms with van der Waals surface area (Å²) in [7, 11) is 0. The molecule has 2 N–H and O–H groups in total. The van der Waals surface area contributed by atoms with E-state index in [4.69, 9.17) is 5.73 Å². The fraction of sp³-hybridized carbons (Fsp3) is 0.643. The van der Waals surface area contributed by atoms with Gasteiger partial charge in [-0.15, -0.1) is 0 Å². The van der Waals surface area contributed by atoms with Gasteiger partial charge in [0.2, 0.25) is 0 Å². The fourth-order valence-corrected chi connectivity index (χ4v) is 3.28. The third-order valence-corrected chi connectivity index (χ3v) is 4.32. The maximum Gasteiger partial charge on any atom is 0.0738 e. The monoisotopic (exact) mass is 246 g/mol. The summed E-state index contributed by atoms with van der Waals surface area (Å²) in [6, 6.07) is 2.88. The van der Waals surface area contributed by atoms with Crippen LogP contribution >= 0.6 is 0 Å². The molecule has 1 saturated heterocycles. The molecule has 98 valence electrons. The molecule has 0 bridgehead atoms. The molecule has 18 heavy (non-hydrogen) atoms. The second-order valence-electron chi connectivity index (χ2n) is 5.40. The SMILES string of the molecule is Nc1cnccc1N1CCN(C2CCCC2)CC1. The number of aromatic nitrogens is 1. The molecular weight excluding hydrogens is 224 g/mol. The van der Waals surface area contributed by atoms with Gasteiger partial charge in [0.05, 0.1) is 17.6 Å². The lowest BCUT2D eigenvalue weighted by Crippen LogP contribution is -2.49. The largest absolute Gasteiger partial charge is 0.396 e. The number of rotatable bonds is 2. The molecule has 4 heteroatoms. The molecule has 1 aliphatic heterocycles. The molecule has 1 aliphatic carbocycles. The van der Waals surface area contributed by atoms with Crippen molar-refractivity contribution in [2.75, 3.05) is 36.8 Å². The fourth-order valence-electron chi connectivity index (χ4n) is 3.28. The van der Waals surface area contributed by atoms with Crippen molar-refractivity contribution in [3.8, 4) is 0 Å². The van der Waals surface area contributed by atoms with E-state index in [0.29, 0.717) is 0 Å². The van der Waals surface area contributed by atoms with Gasteiger partial charge >= 0.3 is 0 Å². The van der Waals surface area contributed by atoms with Crippen molar-refractivity contribution in [3.63, 3.8) is 0 Å². The predicted molar refractivity (Wildman–Crippen MR) is 74.7 cm³/mol. The zero-order valence-electron chi connectivity index (χ0n) is 10.9. The van der Waals surface area contributed by atoms with Gasteiger partial charge in [-0.2, -0.15) is 0 Å². The van der Waals surface area contributed by atoms with Crippen molar-refractivity contribution in [2.45, 2.75) is 31.7 Å². The van der Waals surface area contributed by atoms with Crippen LogP contribution in [-0.2, 0) is 0 Å². The normalized spacial score (nSPS) is 22.6. The molecule has 1 saturated carbocycles. The van der Waals surface area contributed by atoms with Gasteiger partial charge in [0.1, 0.15) is 0 Å². The van der Waals surface area contributed by atoms with Crippen molar-refractivity contribution in [1.82, 2.24) is 9.88 Å². The highest BCUT2D eigenvalue weighted by Crippen LogP contribution is 2.27. The maximum atomic E-state index is 5.99. The zero-order valence-corrected chi connectivity index (χ0v) is 10.9. The highest BCUT2D eigenvalue weighted by atomic mass is 15.3. The van der Waals surface area contributed by atoms with Crippen LogP contribution in [0.2, 0.25) is 0 Å². The number of hydrogen-bond donors (Lipinski definition) is 1. The van der Waals surface area contributed by atoms with E-state index >= 15 is 0 Å². The average molecular weight is 246 g/mol. The van der Waals surface area contributed by atoms with E-state index in [1.54, 1.807) is 6.20 Å². The Bertz CT molecular complexity index is 393. The van der Waals surface area contributed by atoms with E-state index in [1.807, 2.05) is 12.3 Å². The molecule has 1 aromatic rings. The molecule has 0 aromatic carbocycles. The smallest absolute Gasteiger partial charge is 0.0738 e. The summed E-state index contributed by atoms with van der Waals surface area (Å²) in [5.74, 6) is 0. The highest BCUT2D eigenvalue weighted by molar-refractivity contribution is 5.66. The second kappa shape index (κ2) is 5.14. The van der Waals surface area contributed by atoms with Crippen molar-refractivity contribution in [2.24, 2.45) is 0 Å². The molecule has 0 amide bonds. The minimum atomic E-state index is 0.798. The summed E-state index contributed by atoms with van der Waals surface area (Å²) < 4.78 is 0. The first kappa shape index (κ1) is 11.8. The number of anilines is 2.